The number of H-pyrrole nitrogens is 1. The van der Waals surface area contributed by atoms with E-state index in [1.807, 2.05) is 50.7 Å². The Morgan fingerprint density at radius 1 is 1.28 bits per heavy atom. The van der Waals surface area contributed by atoms with E-state index in [0.29, 0.717) is 11.4 Å². The molecule has 0 spiro atoms. The summed E-state index contributed by atoms with van der Waals surface area (Å²) < 4.78 is 1.84. The van der Waals surface area contributed by atoms with Crippen LogP contribution >= 0.6 is 0 Å². The number of amides is 1. The van der Waals surface area contributed by atoms with E-state index >= 15 is 0 Å². The first kappa shape index (κ1) is 16.9. The predicted octanol–water partition coefficient (Wildman–Crippen LogP) is 2.66. The van der Waals surface area contributed by atoms with Crippen molar-refractivity contribution in [2.24, 2.45) is 7.05 Å². The molecular weight excluding hydrogens is 316 g/mol. The minimum Gasteiger partial charge on any atom is -0.333 e. The second-order valence-electron chi connectivity index (χ2n) is 6.18. The van der Waals surface area contributed by atoms with Crippen molar-refractivity contribution >= 4 is 5.91 Å². The first-order valence-electron chi connectivity index (χ1n) is 8.14. The topological polar surface area (TPSA) is 79.7 Å². The van der Waals surface area contributed by atoms with Crippen LogP contribution in [0.4, 0.5) is 0 Å². The molecule has 0 saturated heterocycles. The van der Waals surface area contributed by atoms with Gasteiger partial charge in [0.05, 0.1) is 17.4 Å². The Balaban J connectivity index is 1.84. The maximum atomic E-state index is 12.8. The van der Waals surface area contributed by atoms with Crippen LogP contribution in [-0.2, 0) is 7.05 Å². The zero-order chi connectivity index (χ0) is 18.1. The first-order valence-corrected chi connectivity index (χ1v) is 8.14. The van der Waals surface area contributed by atoms with Crippen LogP contribution in [0.2, 0.25) is 0 Å². The Labute approximate surface area is 146 Å². The van der Waals surface area contributed by atoms with Crippen molar-refractivity contribution < 1.29 is 4.79 Å². The number of carbonyl (C=O) groups excluding carboxylic acids is 1. The number of aromatic nitrogens is 5. The van der Waals surface area contributed by atoms with Crippen LogP contribution in [0.5, 0.6) is 0 Å². The molecule has 3 rings (SSSR count). The van der Waals surface area contributed by atoms with Gasteiger partial charge in [-0.05, 0) is 39.0 Å². The fourth-order valence-corrected chi connectivity index (χ4v) is 3.03. The van der Waals surface area contributed by atoms with Crippen LogP contribution < -0.4 is 0 Å². The number of rotatable bonds is 4. The molecule has 1 atom stereocenters. The van der Waals surface area contributed by atoms with E-state index < -0.39 is 0 Å². The van der Waals surface area contributed by atoms with Gasteiger partial charge in [0.15, 0.2) is 0 Å². The summed E-state index contributed by atoms with van der Waals surface area (Å²) in [6.07, 6.45) is 1.70. The standard InChI is InChI=1S/C18H22N6O/c1-11-17(13(3)24(5)22-11)12(2)23(4)18(25)16-10-15(20-21-16)14-8-6-7-9-19-14/h6-10,12H,1-5H3,(H,20,21)/t12-/m1/s1. The average Bonchev–Trinajstić information content (AvgIpc) is 3.19. The Kier molecular flexibility index (Phi) is 4.39. The monoisotopic (exact) mass is 338 g/mol. The molecule has 7 nitrogen and oxygen atoms in total. The Morgan fingerprint density at radius 3 is 2.64 bits per heavy atom. The molecule has 0 bridgehead atoms. The maximum absolute atomic E-state index is 12.8. The van der Waals surface area contributed by atoms with E-state index in [0.717, 1.165) is 22.6 Å². The summed E-state index contributed by atoms with van der Waals surface area (Å²) in [5, 5.41) is 11.5. The highest BCUT2D eigenvalue weighted by atomic mass is 16.2. The average molecular weight is 338 g/mol. The van der Waals surface area contributed by atoms with Crippen LogP contribution in [0.3, 0.4) is 0 Å². The summed E-state index contributed by atoms with van der Waals surface area (Å²) in [4.78, 5) is 18.8. The molecule has 0 radical (unpaired) electrons. The summed E-state index contributed by atoms with van der Waals surface area (Å²) in [5.74, 6) is -0.121. The molecule has 0 aliphatic rings. The molecule has 0 fully saturated rings. The summed E-state index contributed by atoms with van der Waals surface area (Å²) in [6, 6.07) is 7.23. The molecule has 3 aromatic heterocycles. The molecule has 1 N–H and O–H groups in total. The van der Waals surface area contributed by atoms with Gasteiger partial charge in [-0.3, -0.25) is 19.6 Å². The summed E-state index contributed by atoms with van der Waals surface area (Å²) in [7, 11) is 3.70. The third-order valence-electron chi connectivity index (χ3n) is 4.62. The normalized spacial score (nSPS) is 12.2. The van der Waals surface area contributed by atoms with Gasteiger partial charge in [-0.2, -0.15) is 10.2 Å². The Hall–Kier alpha value is -2.96. The molecule has 0 saturated carbocycles. The van der Waals surface area contributed by atoms with E-state index in [4.69, 9.17) is 0 Å². The quantitative estimate of drug-likeness (QED) is 0.793. The first-order chi connectivity index (χ1) is 11.9. The van der Waals surface area contributed by atoms with E-state index in [-0.39, 0.29) is 11.9 Å². The van der Waals surface area contributed by atoms with Gasteiger partial charge >= 0.3 is 0 Å². The smallest absolute Gasteiger partial charge is 0.272 e. The maximum Gasteiger partial charge on any atom is 0.272 e. The largest absolute Gasteiger partial charge is 0.333 e. The molecule has 1 amide bonds. The van der Waals surface area contributed by atoms with Crippen molar-refractivity contribution in [3.63, 3.8) is 0 Å². The van der Waals surface area contributed by atoms with Crippen LogP contribution in [0.1, 0.15) is 40.4 Å². The van der Waals surface area contributed by atoms with Gasteiger partial charge in [-0.15, -0.1) is 0 Å². The molecule has 130 valence electrons. The number of pyridine rings is 1. The van der Waals surface area contributed by atoms with Crippen LogP contribution in [0, 0.1) is 13.8 Å². The van der Waals surface area contributed by atoms with Gasteiger partial charge in [0, 0.05) is 31.5 Å². The molecule has 7 heteroatoms. The lowest BCUT2D eigenvalue weighted by molar-refractivity contribution is 0.0736. The molecular formula is C18H22N6O. The Bertz CT molecular complexity index is 896. The van der Waals surface area contributed by atoms with Crippen molar-refractivity contribution in [3.8, 4) is 11.4 Å². The second kappa shape index (κ2) is 6.51. The number of nitrogens with one attached hydrogen (secondary N) is 1. The van der Waals surface area contributed by atoms with Gasteiger partial charge in [0.1, 0.15) is 11.4 Å². The lowest BCUT2D eigenvalue weighted by Gasteiger charge is -2.25. The van der Waals surface area contributed by atoms with Crippen LogP contribution in [0.15, 0.2) is 30.5 Å². The second-order valence-corrected chi connectivity index (χ2v) is 6.18. The van der Waals surface area contributed by atoms with Gasteiger partial charge < -0.3 is 4.90 Å². The molecule has 3 aromatic rings. The number of hydrogen-bond donors (Lipinski definition) is 1. The van der Waals surface area contributed by atoms with Gasteiger partial charge in [0.2, 0.25) is 0 Å². The summed E-state index contributed by atoms with van der Waals surface area (Å²) >= 11 is 0. The van der Waals surface area contributed by atoms with Crippen LogP contribution in [-0.4, -0.2) is 42.8 Å². The van der Waals surface area contributed by atoms with E-state index in [2.05, 4.69) is 20.3 Å². The SMILES string of the molecule is Cc1nn(C)c(C)c1[C@@H](C)N(C)C(=O)c1cc(-c2ccccn2)n[nH]1. The van der Waals surface area contributed by atoms with E-state index in [1.54, 1.807) is 24.2 Å². The van der Waals surface area contributed by atoms with Crippen molar-refractivity contribution in [2.45, 2.75) is 26.8 Å². The van der Waals surface area contributed by atoms with Gasteiger partial charge in [0.25, 0.3) is 5.91 Å². The fraction of sp³-hybridized carbons (Fsp3) is 0.333. The fourth-order valence-electron chi connectivity index (χ4n) is 3.03. The summed E-state index contributed by atoms with van der Waals surface area (Å²) in [5.41, 5.74) is 4.89. The molecule has 3 heterocycles. The molecule has 0 unspecified atom stereocenters. The number of carbonyl (C=O) groups is 1. The summed E-state index contributed by atoms with van der Waals surface area (Å²) in [6.45, 7) is 5.98. The number of aryl methyl sites for hydroxylation is 2. The van der Waals surface area contributed by atoms with Crippen molar-refractivity contribution in [1.82, 2.24) is 29.9 Å². The third kappa shape index (κ3) is 3.05. The molecule has 25 heavy (non-hydrogen) atoms. The van der Waals surface area contributed by atoms with Crippen LogP contribution in [0.25, 0.3) is 11.4 Å². The zero-order valence-corrected chi connectivity index (χ0v) is 15.1. The minimum atomic E-state index is -0.121. The number of aromatic amines is 1. The third-order valence-corrected chi connectivity index (χ3v) is 4.62. The number of hydrogen-bond acceptors (Lipinski definition) is 4. The Morgan fingerprint density at radius 2 is 2.04 bits per heavy atom. The van der Waals surface area contributed by atoms with E-state index in [1.165, 1.54) is 0 Å². The van der Waals surface area contributed by atoms with Gasteiger partial charge in [-0.25, -0.2) is 0 Å². The molecule has 0 aliphatic heterocycles. The zero-order valence-electron chi connectivity index (χ0n) is 15.1. The molecule has 0 aliphatic carbocycles. The predicted molar refractivity (Wildman–Crippen MR) is 95.0 cm³/mol. The minimum absolute atomic E-state index is 0.0946. The van der Waals surface area contributed by atoms with Crippen molar-refractivity contribution in [2.75, 3.05) is 7.05 Å². The van der Waals surface area contributed by atoms with Gasteiger partial charge in [-0.1, -0.05) is 6.07 Å². The highest BCUT2D eigenvalue weighted by molar-refractivity contribution is 5.93. The number of nitrogens with zero attached hydrogens (tertiary/aromatic N) is 5. The highest BCUT2D eigenvalue weighted by Crippen LogP contribution is 2.26. The van der Waals surface area contributed by atoms with Crippen molar-refractivity contribution in [3.05, 3.63) is 53.1 Å². The lowest BCUT2D eigenvalue weighted by atomic mass is 10.0. The molecule has 0 aromatic carbocycles. The van der Waals surface area contributed by atoms with Crippen molar-refractivity contribution in [1.29, 1.82) is 0 Å². The highest BCUT2D eigenvalue weighted by Gasteiger charge is 2.25. The lowest BCUT2D eigenvalue weighted by Crippen LogP contribution is -2.30. The van der Waals surface area contributed by atoms with E-state index in [9.17, 15) is 4.79 Å².